The summed E-state index contributed by atoms with van der Waals surface area (Å²) < 4.78 is 1.90. The zero-order chi connectivity index (χ0) is 24.5. The van der Waals surface area contributed by atoms with Crippen LogP contribution in [0.5, 0.6) is 0 Å². The number of aromatic nitrogens is 5. The third-order valence-electron chi connectivity index (χ3n) is 6.36. The summed E-state index contributed by atoms with van der Waals surface area (Å²) in [6, 6.07) is 10.3. The van der Waals surface area contributed by atoms with Gasteiger partial charge in [-0.3, -0.25) is 30.1 Å². The molecule has 3 N–H and O–H groups in total. The van der Waals surface area contributed by atoms with Gasteiger partial charge in [0, 0.05) is 24.5 Å². The molecule has 1 saturated carbocycles. The molecule has 0 aliphatic heterocycles. The summed E-state index contributed by atoms with van der Waals surface area (Å²) in [6.07, 6.45) is 6.63. The predicted molar refractivity (Wildman–Crippen MR) is 132 cm³/mol. The monoisotopic (exact) mass is 472 g/mol. The number of hydrazine groups is 1. The Bertz CT molecular complexity index is 1410. The van der Waals surface area contributed by atoms with Crippen molar-refractivity contribution in [2.24, 2.45) is 5.92 Å². The van der Waals surface area contributed by atoms with Gasteiger partial charge in [-0.2, -0.15) is 5.10 Å². The smallest absolute Gasteiger partial charge is 0.307 e. The number of benzene rings is 1. The number of carbonyl (C=O) groups is 2. The molecule has 1 fully saturated rings. The van der Waals surface area contributed by atoms with E-state index in [0.29, 0.717) is 17.3 Å². The molecule has 1 aliphatic rings. The minimum atomic E-state index is -0.600. The van der Waals surface area contributed by atoms with Gasteiger partial charge in [0.25, 0.3) is 0 Å². The lowest BCUT2D eigenvalue weighted by atomic mass is 10.0. The van der Waals surface area contributed by atoms with E-state index < -0.39 is 5.91 Å². The van der Waals surface area contributed by atoms with E-state index >= 15 is 0 Å². The van der Waals surface area contributed by atoms with Gasteiger partial charge >= 0.3 is 5.91 Å². The lowest BCUT2D eigenvalue weighted by molar-refractivity contribution is -0.119. The van der Waals surface area contributed by atoms with Crippen LogP contribution in [0, 0.1) is 5.92 Å². The molecule has 2 amide bonds. The minimum absolute atomic E-state index is 0.0308. The quantitative estimate of drug-likeness (QED) is 0.350. The number of para-hydroxylation sites is 1. The number of hydrogen-bond donors (Lipinski definition) is 3. The van der Waals surface area contributed by atoms with Gasteiger partial charge < -0.3 is 5.32 Å². The van der Waals surface area contributed by atoms with Crippen molar-refractivity contribution in [1.82, 2.24) is 35.6 Å². The van der Waals surface area contributed by atoms with Crippen molar-refractivity contribution in [3.05, 3.63) is 54.1 Å². The van der Waals surface area contributed by atoms with Crippen molar-refractivity contribution in [2.45, 2.75) is 52.1 Å². The third kappa shape index (κ3) is 4.64. The van der Waals surface area contributed by atoms with E-state index in [2.05, 4.69) is 62.2 Å². The Labute approximate surface area is 202 Å². The summed E-state index contributed by atoms with van der Waals surface area (Å²) in [7, 11) is 0. The van der Waals surface area contributed by atoms with Crippen LogP contribution in [0.2, 0.25) is 0 Å². The van der Waals surface area contributed by atoms with E-state index in [1.165, 1.54) is 6.92 Å². The fourth-order valence-electron chi connectivity index (χ4n) is 4.18. The van der Waals surface area contributed by atoms with E-state index in [9.17, 15) is 9.59 Å². The number of fused-ring (bicyclic) bond motifs is 2. The largest absolute Gasteiger partial charge is 0.361 e. The molecule has 0 spiro atoms. The zero-order valence-electron chi connectivity index (χ0n) is 19.9. The Hall–Kier alpha value is -4.08. The fourth-order valence-corrected chi connectivity index (χ4v) is 4.18. The first kappa shape index (κ1) is 22.7. The maximum Gasteiger partial charge on any atom is 0.307 e. The molecule has 0 radical (unpaired) electrons. The first-order chi connectivity index (χ1) is 16.9. The molecule has 3 heterocycles. The average molecular weight is 473 g/mol. The fraction of sp³-hybridized carbons (Fsp3) is 0.360. The molecule has 1 aromatic carbocycles. The van der Waals surface area contributed by atoms with Gasteiger partial charge in [-0.05, 0) is 49.8 Å². The average Bonchev–Trinajstić information content (AvgIpc) is 3.62. The molecular weight excluding hydrogens is 444 g/mol. The zero-order valence-corrected chi connectivity index (χ0v) is 19.9. The molecular formula is C25H28N8O2. The Balaban J connectivity index is 1.58. The van der Waals surface area contributed by atoms with Gasteiger partial charge in [0.2, 0.25) is 11.7 Å². The van der Waals surface area contributed by atoms with Crippen molar-refractivity contribution in [3.8, 4) is 0 Å². The van der Waals surface area contributed by atoms with Gasteiger partial charge in [0.15, 0.2) is 5.82 Å². The highest BCUT2D eigenvalue weighted by Crippen LogP contribution is 2.43. The van der Waals surface area contributed by atoms with Crippen molar-refractivity contribution in [2.75, 3.05) is 5.32 Å². The maximum absolute atomic E-state index is 12.7. The first-order valence-electron chi connectivity index (χ1n) is 11.9. The normalized spacial score (nSPS) is 15.1. The molecule has 5 rings (SSSR count). The lowest BCUT2D eigenvalue weighted by Gasteiger charge is -2.21. The van der Waals surface area contributed by atoms with Crippen LogP contribution in [0.25, 0.3) is 21.9 Å². The van der Waals surface area contributed by atoms with Crippen LogP contribution in [0.15, 0.2) is 42.7 Å². The Morgan fingerprint density at radius 2 is 1.91 bits per heavy atom. The molecule has 1 unspecified atom stereocenters. The molecule has 4 aromatic rings. The van der Waals surface area contributed by atoms with E-state index in [1.807, 2.05) is 29.1 Å². The van der Waals surface area contributed by atoms with Crippen LogP contribution in [0.4, 0.5) is 5.82 Å². The van der Waals surface area contributed by atoms with Crippen LogP contribution in [-0.2, 0) is 4.79 Å². The number of carbonyl (C=O) groups excluding carboxylic acids is 2. The van der Waals surface area contributed by atoms with Gasteiger partial charge in [-0.25, -0.2) is 9.97 Å². The molecule has 35 heavy (non-hydrogen) atoms. The second-order valence-electron chi connectivity index (χ2n) is 9.03. The van der Waals surface area contributed by atoms with Crippen LogP contribution in [0.3, 0.4) is 0 Å². The third-order valence-corrected chi connectivity index (χ3v) is 6.36. The molecule has 0 saturated heterocycles. The maximum atomic E-state index is 12.7. The van der Waals surface area contributed by atoms with Crippen molar-refractivity contribution >= 4 is 39.6 Å². The lowest BCUT2D eigenvalue weighted by Crippen LogP contribution is -2.41. The van der Waals surface area contributed by atoms with Crippen molar-refractivity contribution in [3.63, 3.8) is 0 Å². The number of nitrogens with one attached hydrogen (secondary N) is 3. The number of amides is 2. The summed E-state index contributed by atoms with van der Waals surface area (Å²) in [6.45, 7) is 5.49. The van der Waals surface area contributed by atoms with Crippen molar-refractivity contribution in [1.29, 1.82) is 0 Å². The molecule has 3 aromatic heterocycles. The Morgan fingerprint density at radius 1 is 1.11 bits per heavy atom. The van der Waals surface area contributed by atoms with Crippen LogP contribution < -0.4 is 16.2 Å². The second kappa shape index (κ2) is 9.28. The van der Waals surface area contributed by atoms with Crippen LogP contribution >= 0.6 is 0 Å². The summed E-state index contributed by atoms with van der Waals surface area (Å²) in [5, 5.41) is 9.23. The summed E-state index contributed by atoms with van der Waals surface area (Å²) >= 11 is 0. The highest BCUT2D eigenvalue weighted by atomic mass is 16.2. The topological polar surface area (TPSA) is 127 Å². The number of nitrogens with zero attached hydrogens (tertiary/aromatic N) is 5. The standard InChI is InChI=1S/C25H28N8O2/c1-4-14(2)33-22-20(13-27-33)28-24(25(35)32-31-15(3)34)30-23(22)29-21(16-9-10-16)18-11-17-7-5-6-8-19(17)26-12-18/h5-8,11-14,16,21H,4,9-10H2,1-3H3,(H,31,34)(H,32,35)(H,28,29,30)/t14?,21-/m1/s1. The SMILES string of the molecule is CCC(C)n1ncc2nc(C(=O)NNC(C)=O)nc(N[C@@H](c3cnc4ccccc4c3)C3CC3)c21. The van der Waals surface area contributed by atoms with Gasteiger partial charge in [-0.15, -0.1) is 0 Å². The number of rotatable bonds is 7. The Kier molecular flexibility index (Phi) is 6.02. The number of hydrogen-bond acceptors (Lipinski definition) is 7. The molecule has 0 bridgehead atoms. The second-order valence-corrected chi connectivity index (χ2v) is 9.03. The van der Waals surface area contributed by atoms with E-state index in [-0.39, 0.29) is 23.8 Å². The van der Waals surface area contributed by atoms with E-state index in [1.54, 1.807) is 6.20 Å². The summed E-state index contributed by atoms with van der Waals surface area (Å²) in [5.74, 6) is -0.0779. The molecule has 2 atom stereocenters. The number of pyridine rings is 1. The summed E-state index contributed by atoms with van der Waals surface area (Å²) in [5.41, 5.74) is 7.95. The minimum Gasteiger partial charge on any atom is -0.361 e. The molecule has 10 heteroatoms. The molecule has 180 valence electrons. The van der Waals surface area contributed by atoms with Gasteiger partial charge in [0.05, 0.1) is 17.8 Å². The van der Waals surface area contributed by atoms with E-state index in [0.717, 1.165) is 41.2 Å². The number of anilines is 1. The Morgan fingerprint density at radius 3 is 2.66 bits per heavy atom. The molecule has 10 nitrogen and oxygen atoms in total. The highest BCUT2D eigenvalue weighted by Gasteiger charge is 2.34. The highest BCUT2D eigenvalue weighted by molar-refractivity contribution is 5.96. The van der Waals surface area contributed by atoms with Crippen molar-refractivity contribution < 1.29 is 9.59 Å². The van der Waals surface area contributed by atoms with Gasteiger partial charge in [0.1, 0.15) is 11.0 Å². The predicted octanol–water partition coefficient (Wildman–Crippen LogP) is 3.69. The van der Waals surface area contributed by atoms with Crippen LogP contribution in [0.1, 0.15) is 68.3 Å². The van der Waals surface area contributed by atoms with E-state index in [4.69, 9.17) is 0 Å². The van der Waals surface area contributed by atoms with Gasteiger partial charge in [-0.1, -0.05) is 25.1 Å². The molecule has 1 aliphatic carbocycles. The first-order valence-corrected chi connectivity index (χ1v) is 11.9. The summed E-state index contributed by atoms with van der Waals surface area (Å²) in [4.78, 5) is 37.6. The van der Waals surface area contributed by atoms with Crippen LogP contribution in [-0.4, -0.2) is 36.5 Å².